The van der Waals surface area contributed by atoms with E-state index in [1.807, 2.05) is 97.1 Å². The summed E-state index contributed by atoms with van der Waals surface area (Å²) in [5.41, 5.74) is 14.7. The Bertz CT molecular complexity index is 3600. The molecule has 9 rings (SSSR count). The van der Waals surface area contributed by atoms with Crippen molar-refractivity contribution >= 4 is 0 Å². The van der Waals surface area contributed by atoms with E-state index in [4.69, 9.17) is 0 Å². The van der Waals surface area contributed by atoms with Crippen LogP contribution in [0.2, 0.25) is 0 Å². The summed E-state index contributed by atoms with van der Waals surface area (Å²) >= 11 is 0. The van der Waals surface area contributed by atoms with E-state index >= 15 is 0 Å². The Balaban J connectivity index is 0.000000200. The molecule has 9 aromatic rings. The van der Waals surface area contributed by atoms with E-state index in [1.165, 1.54) is 119 Å². The van der Waals surface area contributed by atoms with E-state index < -0.39 is 34.9 Å². The fourth-order valence-corrected chi connectivity index (χ4v) is 12.3. The van der Waals surface area contributed by atoms with Gasteiger partial charge < -0.3 is 0 Å². The number of hydrogen-bond acceptors (Lipinski definition) is 0. The molecule has 0 aromatic heterocycles. The molecular formula is C88H104F6. The fraction of sp³-hybridized carbons (Fsp3) is 0.386. The summed E-state index contributed by atoms with van der Waals surface area (Å²) in [5.74, 6) is -4.43. The maximum Gasteiger partial charge on any atom is 0.167 e. The number of rotatable bonds is 34. The summed E-state index contributed by atoms with van der Waals surface area (Å²) in [4.78, 5) is 0. The van der Waals surface area contributed by atoms with Crippen molar-refractivity contribution in [2.45, 2.75) is 221 Å². The van der Waals surface area contributed by atoms with Crippen LogP contribution in [0.4, 0.5) is 26.3 Å². The van der Waals surface area contributed by atoms with Crippen LogP contribution in [0.15, 0.2) is 182 Å². The largest absolute Gasteiger partial charge is 0.203 e. The summed E-state index contributed by atoms with van der Waals surface area (Å²) in [6, 6.07) is 58.8. The van der Waals surface area contributed by atoms with Crippen LogP contribution < -0.4 is 0 Å². The minimum Gasteiger partial charge on any atom is -0.203 e. The van der Waals surface area contributed by atoms with E-state index in [0.29, 0.717) is 68.5 Å². The molecule has 0 fully saturated rings. The summed E-state index contributed by atoms with van der Waals surface area (Å²) in [5, 5.41) is 0. The van der Waals surface area contributed by atoms with Gasteiger partial charge in [0.15, 0.2) is 34.9 Å². The monoisotopic (exact) mass is 1270 g/mol. The van der Waals surface area contributed by atoms with Gasteiger partial charge in [0.2, 0.25) is 0 Å². The molecule has 6 heteroatoms. The molecule has 0 radical (unpaired) electrons. The van der Waals surface area contributed by atoms with Crippen LogP contribution in [0.1, 0.15) is 216 Å². The highest BCUT2D eigenvalue weighted by molar-refractivity contribution is 5.74. The lowest BCUT2D eigenvalue weighted by atomic mass is 9.96. The zero-order chi connectivity index (χ0) is 66.9. The fourth-order valence-electron chi connectivity index (χ4n) is 12.3. The van der Waals surface area contributed by atoms with Crippen LogP contribution in [0, 0.1) is 34.9 Å². The molecule has 0 saturated heterocycles. The minimum absolute atomic E-state index is 0.315. The third-order valence-electron chi connectivity index (χ3n) is 18.3. The topological polar surface area (TPSA) is 0 Å². The molecule has 0 aliphatic rings. The van der Waals surface area contributed by atoms with Gasteiger partial charge in [-0.2, -0.15) is 0 Å². The molecule has 0 atom stereocenters. The highest BCUT2D eigenvalue weighted by Crippen LogP contribution is 2.35. The highest BCUT2D eigenvalue weighted by Gasteiger charge is 2.19. The second-order valence-electron chi connectivity index (χ2n) is 25.7. The van der Waals surface area contributed by atoms with Gasteiger partial charge in [-0.3, -0.25) is 0 Å². The molecule has 0 amide bonds. The molecular weight excluding hydrogens is 1170 g/mol. The maximum absolute atomic E-state index is 15.0. The quantitative estimate of drug-likeness (QED) is 0.0279. The van der Waals surface area contributed by atoms with Crippen LogP contribution in [0.5, 0.6) is 0 Å². The van der Waals surface area contributed by atoms with Gasteiger partial charge in [0.05, 0.1) is 0 Å². The molecule has 0 aliphatic carbocycles. The van der Waals surface area contributed by atoms with Gasteiger partial charge in [0, 0.05) is 22.3 Å². The molecule has 0 heterocycles. The van der Waals surface area contributed by atoms with Crippen molar-refractivity contribution in [3.05, 3.63) is 250 Å². The molecule has 0 nitrogen and oxygen atoms in total. The molecule has 0 bridgehead atoms. The second-order valence-corrected chi connectivity index (χ2v) is 25.7. The molecule has 94 heavy (non-hydrogen) atoms. The Morgan fingerprint density at radius 3 is 0.628 bits per heavy atom. The molecule has 0 N–H and O–H groups in total. The molecule has 0 spiro atoms. The summed E-state index contributed by atoms with van der Waals surface area (Å²) in [7, 11) is 0. The van der Waals surface area contributed by atoms with Crippen LogP contribution in [0.3, 0.4) is 0 Å². The van der Waals surface area contributed by atoms with E-state index in [-0.39, 0.29) is 0 Å². The molecule has 0 unspecified atom stereocenters. The Morgan fingerprint density at radius 1 is 0.170 bits per heavy atom. The second kappa shape index (κ2) is 40.7. The third-order valence-corrected chi connectivity index (χ3v) is 18.3. The van der Waals surface area contributed by atoms with E-state index in [0.717, 1.165) is 92.9 Å². The maximum atomic E-state index is 15.0. The van der Waals surface area contributed by atoms with Crippen molar-refractivity contribution in [2.24, 2.45) is 0 Å². The minimum atomic E-state index is -0.777. The Labute approximate surface area is 561 Å². The Hall–Kier alpha value is -7.44. The van der Waals surface area contributed by atoms with Crippen molar-refractivity contribution in [1.82, 2.24) is 0 Å². The van der Waals surface area contributed by atoms with Crippen molar-refractivity contribution in [1.29, 1.82) is 0 Å². The molecule has 0 saturated carbocycles. The number of hydrogen-bond donors (Lipinski definition) is 0. The van der Waals surface area contributed by atoms with Crippen LogP contribution in [-0.2, 0) is 38.5 Å². The van der Waals surface area contributed by atoms with Gasteiger partial charge in [-0.05, 0) is 155 Å². The third kappa shape index (κ3) is 22.6. The number of halogens is 6. The first-order valence-electron chi connectivity index (χ1n) is 35.9. The first kappa shape index (κ1) is 74.0. The van der Waals surface area contributed by atoms with Crippen molar-refractivity contribution in [2.75, 3.05) is 0 Å². The van der Waals surface area contributed by atoms with Gasteiger partial charge >= 0.3 is 0 Å². The number of benzene rings is 9. The smallest absolute Gasteiger partial charge is 0.167 e. The first-order valence-corrected chi connectivity index (χ1v) is 35.9. The summed E-state index contributed by atoms with van der Waals surface area (Å²) in [6.07, 6.45) is 31.2. The average Bonchev–Trinajstić information content (AvgIpc) is 0.959. The van der Waals surface area contributed by atoms with Gasteiger partial charge in [0.1, 0.15) is 0 Å². The molecule has 9 aromatic carbocycles. The molecule has 498 valence electrons. The lowest BCUT2D eigenvalue weighted by Gasteiger charge is -2.11. The van der Waals surface area contributed by atoms with Crippen molar-refractivity contribution < 1.29 is 26.3 Å². The van der Waals surface area contributed by atoms with Crippen LogP contribution in [-0.4, -0.2) is 0 Å². The normalized spacial score (nSPS) is 11.1. The molecule has 0 aliphatic heterocycles. The number of aryl methyl sites for hydroxylation is 6. The Morgan fingerprint density at radius 2 is 0.351 bits per heavy atom. The zero-order valence-electron chi connectivity index (χ0n) is 57.4. The van der Waals surface area contributed by atoms with Crippen LogP contribution in [0.25, 0.3) is 66.8 Å². The van der Waals surface area contributed by atoms with E-state index in [1.54, 1.807) is 36.4 Å². The lowest BCUT2D eigenvalue weighted by molar-refractivity contribution is 0.497. The predicted molar refractivity (Wildman–Crippen MR) is 390 cm³/mol. The summed E-state index contributed by atoms with van der Waals surface area (Å²) in [6.45, 7) is 13.1. The first-order chi connectivity index (χ1) is 45.9. The lowest BCUT2D eigenvalue weighted by Crippen LogP contribution is -1.98. The highest BCUT2D eigenvalue weighted by atomic mass is 19.2. The van der Waals surface area contributed by atoms with Gasteiger partial charge in [-0.25, -0.2) is 26.3 Å². The van der Waals surface area contributed by atoms with Gasteiger partial charge in [-0.15, -0.1) is 0 Å². The van der Waals surface area contributed by atoms with Crippen molar-refractivity contribution in [3.63, 3.8) is 0 Å². The zero-order valence-corrected chi connectivity index (χ0v) is 57.4. The van der Waals surface area contributed by atoms with Gasteiger partial charge in [0.25, 0.3) is 0 Å². The average molecular weight is 1280 g/mol. The Kier molecular flexibility index (Phi) is 32.0. The summed E-state index contributed by atoms with van der Waals surface area (Å²) < 4.78 is 88.5. The van der Waals surface area contributed by atoms with Crippen LogP contribution >= 0.6 is 0 Å². The van der Waals surface area contributed by atoms with Gasteiger partial charge in [-0.1, -0.05) is 326 Å². The number of unbranched alkanes of at least 4 members (excludes halogenated alkanes) is 16. The standard InChI is InChI=1S/2C30H36F2.C28H32F2/c1-3-5-7-8-10-12-24-15-19-26(20-16-24)28-22-21-27(29(31)30(28)32)25-17-13-23(14-18-25)11-9-6-4-2;1-3-5-7-8-10-12-27-21-22-28(30(32)29(27)31)26-19-17-25(18-20-26)24-15-13-23(14-16-24)11-9-6-4-2;1-3-5-7-9-21-11-13-22(14-12-21)23-15-17-24(18-16-23)26-20-19-25(10-8-6-4-2)27(29)28(26)30/h2*13-22H,3-12H2,1-2H3;11-20H,3-10H2,1-2H3. The van der Waals surface area contributed by atoms with Crippen molar-refractivity contribution in [3.8, 4) is 66.8 Å². The predicted octanol–water partition coefficient (Wildman–Crippen LogP) is 27.9. The SMILES string of the molecule is CCCCCCCc1ccc(-c2ccc(-c3ccc(CCCCC)cc3)c(F)c2F)cc1.CCCCCCCc1ccc(-c2ccc(-c3ccc(CCCCC)cc3)cc2)c(F)c1F.CCCCCc1ccc(-c2ccc(-c3ccc(CCCCC)c(F)c3F)cc2)cc1. The van der Waals surface area contributed by atoms with E-state index in [9.17, 15) is 26.3 Å². The van der Waals surface area contributed by atoms with E-state index in [2.05, 4.69) is 90.1 Å².